The highest BCUT2D eigenvalue weighted by molar-refractivity contribution is 5.88. The molecule has 0 unspecified atom stereocenters. The average Bonchev–Trinajstić information content (AvgIpc) is 2.94. The number of rotatable bonds is 6. The van der Waals surface area contributed by atoms with Crippen molar-refractivity contribution in [3.63, 3.8) is 0 Å². The lowest BCUT2D eigenvalue weighted by Gasteiger charge is -2.32. The maximum Gasteiger partial charge on any atom is 0.229 e. The number of amides is 1. The molecule has 0 bridgehead atoms. The number of carbonyl (C=O) groups excluding carboxylic acids is 1. The quantitative estimate of drug-likeness (QED) is 0.320. The maximum absolute atomic E-state index is 11.3. The van der Waals surface area contributed by atoms with Crippen LogP contribution < -0.4 is 16.4 Å². The van der Waals surface area contributed by atoms with Gasteiger partial charge in [-0.25, -0.2) is 9.97 Å². The first-order chi connectivity index (χ1) is 19.4. The van der Waals surface area contributed by atoms with E-state index in [4.69, 9.17) is 5.73 Å². The molecule has 5 rings (SSSR count). The number of benzene rings is 2. The molecule has 1 amide bonds. The number of aromatic nitrogens is 3. The van der Waals surface area contributed by atoms with Gasteiger partial charge >= 0.3 is 0 Å². The van der Waals surface area contributed by atoms with E-state index in [0.717, 1.165) is 55.1 Å². The van der Waals surface area contributed by atoms with Gasteiger partial charge in [0.1, 0.15) is 11.5 Å². The first kappa shape index (κ1) is 26.8. The van der Waals surface area contributed by atoms with Gasteiger partial charge in [-0.3, -0.25) is 9.69 Å². The fourth-order valence-corrected chi connectivity index (χ4v) is 4.41. The molecule has 2 aromatic heterocycles. The van der Waals surface area contributed by atoms with Crippen LogP contribution in [0.25, 0.3) is 11.1 Å². The summed E-state index contributed by atoms with van der Waals surface area (Å²) in [4.78, 5) is 29.3. The van der Waals surface area contributed by atoms with Crippen LogP contribution in [0.5, 0.6) is 0 Å². The number of nitrogen functional groups attached to an aromatic ring is 1. The van der Waals surface area contributed by atoms with Crippen molar-refractivity contribution in [2.45, 2.75) is 13.5 Å². The second kappa shape index (κ2) is 12.4. The van der Waals surface area contributed by atoms with E-state index in [1.54, 1.807) is 24.5 Å². The zero-order valence-electron chi connectivity index (χ0n) is 22.7. The summed E-state index contributed by atoms with van der Waals surface area (Å²) in [5, 5.41) is 5.92. The van der Waals surface area contributed by atoms with E-state index in [1.165, 1.54) is 12.5 Å². The minimum atomic E-state index is -0.139. The Bertz CT molecular complexity index is 1530. The maximum atomic E-state index is 11.3. The third-order valence-corrected chi connectivity index (χ3v) is 6.64. The predicted molar refractivity (Wildman–Crippen MR) is 159 cm³/mol. The SMILES string of the molecule is CC(=O)Nc1ccnc(C#Cc2ccc(Nc3ncc(-c4ccc(CN5CCN(C)CC5)cc4)c(N)n3)cc2)c1. The van der Waals surface area contributed by atoms with Crippen molar-refractivity contribution in [1.29, 1.82) is 0 Å². The first-order valence-electron chi connectivity index (χ1n) is 13.2. The number of likely N-dealkylation sites (N-methyl/N-ethyl adjacent to an activating group) is 1. The minimum Gasteiger partial charge on any atom is -0.383 e. The molecule has 0 aliphatic carbocycles. The molecule has 1 fully saturated rings. The van der Waals surface area contributed by atoms with Crippen molar-refractivity contribution >= 4 is 29.0 Å². The lowest BCUT2D eigenvalue weighted by atomic mass is 10.1. The first-order valence-corrected chi connectivity index (χ1v) is 13.2. The Balaban J connectivity index is 1.20. The Labute approximate surface area is 234 Å². The summed E-state index contributed by atoms with van der Waals surface area (Å²) in [5.41, 5.74) is 12.3. The van der Waals surface area contributed by atoms with Gasteiger partial charge in [-0.15, -0.1) is 0 Å². The number of pyridine rings is 1. The van der Waals surface area contributed by atoms with E-state index in [0.29, 0.717) is 23.1 Å². The lowest BCUT2D eigenvalue weighted by Crippen LogP contribution is -2.43. The van der Waals surface area contributed by atoms with Crippen LogP contribution in [0.2, 0.25) is 0 Å². The number of anilines is 4. The molecule has 1 saturated heterocycles. The lowest BCUT2D eigenvalue weighted by molar-refractivity contribution is -0.114. The van der Waals surface area contributed by atoms with Gasteiger partial charge in [-0.1, -0.05) is 30.2 Å². The molecule has 202 valence electrons. The average molecular weight is 533 g/mol. The standard InChI is InChI=1S/C31H32N8O/c1-22(40)35-28-13-14-33-27(19-28)12-7-23-5-10-26(11-6-23)36-31-34-20-29(30(32)37-31)25-8-3-24(4-9-25)21-39-17-15-38(2)16-18-39/h3-6,8-11,13-14,19-20H,15-18,21H2,1-2H3,(H,33,35,40)(H3,32,34,36,37). The monoisotopic (exact) mass is 532 g/mol. The molecular weight excluding hydrogens is 500 g/mol. The van der Waals surface area contributed by atoms with Gasteiger partial charge in [-0.2, -0.15) is 4.98 Å². The summed E-state index contributed by atoms with van der Waals surface area (Å²) < 4.78 is 0. The van der Waals surface area contributed by atoms with Crippen LogP contribution in [0, 0.1) is 11.8 Å². The molecule has 0 spiro atoms. The van der Waals surface area contributed by atoms with E-state index in [1.807, 2.05) is 24.3 Å². The molecule has 1 aliphatic rings. The molecule has 0 saturated carbocycles. The van der Waals surface area contributed by atoms with E-state index in [2.05, 4.69) is 78.5 Å². The molecule has 4 N–H and O–H groups in total. The summed E-state index contributed by atoms with van der Waals surface area (Å²) in [6, 6.07) is 19.5. The van der Waals surface area contributed by atoms with Crippen molar-refractivity contribution in [2.75, 3.05) is 49.6 Å². The Morgan fingerprint density at radius 2 is 1.70 bits per heavy atom. The van der Waals surface area contributed by atoms with Crippen LogP contribution in [0.3, 0.4) is 0 Å². The number of nitrogens with two attached hydrogens (primary N) is 1. The summed E-state index contributed by atoms with van der Waals surface area (Å²) in [5.74, 6) is 6.81. The third kappa shape index (κ3) is 7.20. The zero-order valence-corrected chi connectivity index (χ0v) is 22.7. The van der Waals surface area contributed by atoms with E-state index in [9.17, 15) is 4.79 Å². The van der Waals surface area contributed by atoms with Crippen molar-refractivity contribution in [3.8, 4) is 23.0 Å². The fraction of sp³-hybridized carbons (Fsp3) is 0.226. The molecule has 0 radical (unpaired) electrons. The number of nitrogens with zero attached hydrogens (tertiary/aromatic N) is 5. The number of carbonyl (C=O) groups is 1. The topological polar surface area (TPSA) is 112 Å². The highest BCUT2D eigenvalue weighted by Gasteiger charge is 2.14. The number of hydrogen-bond donors (Lipinski definition) is 3. The molecule has 9 nitrogen and oxygen atoms in total. The largest absolute Gasteiger partial charge is 0.383 e. The van der Waals surface area contributed by atoms with Crippen molar-refractivity contribution in [3.05, 3.63) is 89.9 Å². The van der Waals surface area contributed by atoms with Gasteiger partial charge in [0.05, 0.1) is 0 Å². The minimum absolute atomic E-state index is 0.139. The molecule has 2 aromatic carbocycles. The normalized spacial score (nSPS) is 13.8. The van der Waals surface area contributed by atoms with Crippen LogP contribution in [0.15, 0.2) is 73.1 Å². The van der Waals surface area contributed by atoms with Gasteiger partial charge in [0.15, 0.2) is 0 Å². The third-order valence-electron chi connectivity index (χ3n) is 6.64. The second-order valence-electron chi connectivity index (χ2n) is 9.83. The molecule has 0 atom stereocenters. The van der Waals surface area contributed by atoms with Gasteiger partial charge in [0, 0.05) is 74.5 Å². The van der Waals surface area contributed by atoms with Gasteiger partial charge < -0.3 is 21.3 Å². The van der Waals surface area contributed by atoms with Crippen LogP contribution >= 0.6 is 0 Å². The molecule has 1 aliphatic heterocycles. The molecular formula is C31H32N8O. The van der Waals surface area contributed by atoms with Gasteiger partial charge in [0.25, 0.3) is 0 Å². The van der Waals surface area contributed by atoms with Crippen LogP contribution in [-0.4, -0.2) is 63.9 Å². The van der Waals surface area contributed by atoms with Crippen LogP contribution in [0.4, 0.5) is 23.1 Å². The van der Waals surface area contributed by atoms with Crippen molar-refractivity contribution in [2.24, 2.45) is 0 Å². The Hall–Kier alpha value is -4.78. The van der Waals surface area contributed by atoms with Crippen molar-refractivity contribution in [1.82, 2.24) is 24.8 Å². The summed E-state index contributed by atoms with van der Waals surface area (Å²) in [6.07, 6.45) is 3.37. The molecule has 40 heavy (non-hydrogen) atoms. The van der Waals surface area contributed by atoms with Crippen LogP contribution in [-0.2, 0) is 11.3 Å². The van der Waals surface area contributed by atoms with E-state index < -0.39 is 0 Å². The molecule has 9 heteroatoms. The predicted octanol–water partition coefficient (Wildman–Crippen LogP) is 3.97. The molecule has 4 aromatic rings. The van der Waals surface area contributed by atoms with Crippen molar-refractivity contribution < 1.29 is 4.79 Å². The fourth-order valence-electron chi connectivity index (χ4n) is 4.41. The number of nitrogens with one attached hydrogen (secondary N) is 2. The number of hydrogen-bond acceptors (Lipinski definition) is 8. The van der Waals surface area contributed by atoms with Gasteiger partial charge in [0.2, 0.25) is 11.9 Å². The van der Waals surface area contributed by atoms with Gasteiger partial charge in [-0.05, 0) is 60.5 Å². The summed E-state index contributed by atoms with van der Waals surface area (Å²) in [6.45, 7) is 6.83. The smallest absolute Gasteiger partial charge is 0.229 e. The van der Waals surface area contributed by atoms with E-state index >= 15 is 0 Å². The zero-order chi connectivity index (χ0) is 27.9. The second-order valence-corrected chi connectivity index (χ2v) is 9.83. The Morgan fingerprint density at radius 1 is 0.950 bits per heavy atom. The highest BCUT2D eigenvalue weighted by atomic mass is 16.1. The Kier molecular flexibility index (Phi) is 8.30. The summed E-state index contributed by atoms with van der Waals surface area (Å²) >= 11 is 0. The Morgan fingerprint density at radius 3 is 2.40 bits per heavy atom. The van der Waals surface area contributed by atoms with E-state index in [-0.39, 0.29) is 5.91 Å². The highest BCUT2D eigenvalue weighted by Crippen LogP contribution is 2.26. The van der Waals surface area contributed by atoms with Crippen LogP contribution in [0.1, 0.15) is 23.7 Å². The molecule has 3 heterocycles. The number of piperazine rings is 1. The summed E-state index contributed by atoms with van der Waals surface area (Å²) in [7, 11) is 2.17.